The molecular weight excluding hydrogens is 956 g/mol. The third-order valence-corrected chi connectivity index (χ3v) is 15.5. The molecule has 0 amide bonds. The van der Waals surface area contributed by atoms with Crippen LogP contribution in [-0.2, 0) is 30.5 Å². The van der Waals surface area contributed by atoms with Crippen molar-refractivity contribution in [1.82, 2.24) is 9.55 Å². The molecule has 9 nitrogen and oxygen atoms in total. The molecule has 3 aromatic heterocycles. The number of nitrogens with zero attached hydrogens (tertiary/aromatic N) is 2. The van der Waals surface area contributed by atoms with E-state index in [4.69, 9.17) is 14.3 Å². The lowest BCUT2D eigenvalue weighted by atomic mass is 9.90. The molecule has 0 saturated heterocycles. The maximum Gasteiger partial charge on any atom is 0.935 e. The van der Waals surface area contributed by atoms with Gasteiger partial charge in [0, 0.05) is 68.9 Å². The van der Waals surface area contributed by atoms with Crippen molar-refractivity contribution >= 4 is 68.1 Å². The Morgan fingerprint density at radius 2 is 1.33 bits per heavy atom. The number of carbonyl (C=O) groups excluding carboxylic acids is 1. The largest absolute Gasteiger partial charge is 0.935 e. The summed E-state index contributed by atoms with van der Waals surface area (Å²) >= 11 is 0. The van der Waals surface area contributed by atoms with Crippen molar-refractivity contribution in [2.45, 2.75) is 71.6 Å². The number of aliphatic hydroxyl groups is 1. The van der Waals surface area contributed by atoms with Gasteiger partial charge in [-0.05, 0) is 170 Å². The van der Waals surface area contributed by atoms with E-state index in [9.17, 15) is 14.4 Å². The van der Waals surface area contributed by atoms with E-state index in [1.807, 2.05) is 105 Å². The number of pyridine rings is 1. The first kappa shape index (κ1) is 48.5. The van der Waals surface area contributed by atoms with E-state index in [-0.39, 0.29) is 6.42 Å². The van der Waals surface area contributed by atoms with Gasteiger partial charge in [0.05, 0.1) is 17.0 Å². The molecule has 0 saturated carbocycles. The van der Waals surface area contributed by atoms with Crippen molar-refractivity contribution in [3.8, 4) is 22.7 Å². The summed E-state index contributed by atoms with van der Waals surface area (Å²) in [7, 11) is -1.81. The molecule has 2 aliphatic carbocycles. The Kier molecular flexibility index (Phi) is 12.5. The first-order valence-electron chi connectivity index (χ1n) is 26.0. The number of esters is 1. The van der Waals surface area contributed by atoms with Crippen LogP contribution in [0.15, 0.2) is 171 Å². The molecule has 0 radical (unpaired) electrons. The molecule has 12 heteroatoms. The first-order chi connectivity index (χ1) is 37.1. The number of hydrogen-bond donors (Lipinski definition) is 2. The van der Waals surface area contributed by atoms with Crippen molar-refractivity contribution in [3.63, 3.8) is 0 Å². The summed E-state index contributed by atoms with van der Waals surface area (Å²) in [6.45, 7) is 3.90. The highest BCUT2D eigenvalue weighted by molar-refractivity contribution is 6.36. The van der Waals surface area contributed by atoms with E-state index in [1.54, 1.807) is 30.3 Å². The van der Waals surface area contributed by atoms with E-state index < -0.39 is 24.5 Å². The Balaban J connectivity index is 0.00000288. The van der Waals surface area contributed by atoms with Gasteiger partial charge in [-0.2, -0.15) is 0 Å². The van der Waals surface area contributed by atoms with Crippen molar-refractivity contribution in [2.75, 3.05) is 7.11 Å². The van der Waals surface area contributed by atoms with E-state index in [0.29, 0.717) is 69.4 Å². The van der Waals surface area contributed by atoms with Crippen molar-refractivity contribution < 1.29 is 32.2 Å². The summed E-state index contributed by atoms with van der Waals surface area (Å²) in [6, 6.07) is 44.4. The Morgan fingerprint density at radius 3 is 2.07 bits per heavy atom. The maximum atomic E-state index is 15.9. The monoisotopic (exact) mass is 1010 g/mol. The lowest BCUT2D eigenvalue weighted by Crippen LogP contribution is -2.31. The molecule has 76 heavy (non-hydrogen) atoms. The molecule has 0 fully saturated rings. The molecule has 13 rings (SSSR count). The van der Waals surface area contributed by atoms with Gasteiger partial charge in [-0.1, -0.05) is 78.9 Å². The molecular formula is C64H53BF2N3O6+. The molecule has 2 N–H and O–H groups in total. The summed E-state index contributed by atoms with van der Waals surface area (Å²) in [5, 5.41) is 11.1. The fourth-order valence-electron chi connectivity index (χ4n) is 12.2. The minimum Gasteiger partial charge on any atom is -0.456 e. The number of benzene rings is 7. The van der Waals surface area contributed by atoms with Gasteiger partial charge in [-0.3, -0.25) is 14.4 Å². The number of fused-ring (bicyclic) bond motifs is 8. The highest BCUT2D eigenvalue weighted by Crippen LogP contribution is 2.43. The zero-order valence-electron chi connectivity index (χ0n) is 42.4. The number of carbonyl (C=O) groups is 1. The summed E-state index contributed by atoms with van der Waals surface area (Å²) in [5.41, 5.74) is 14.2. The number of allylic oxidation sites excluding steroid dienone is 2. The third kappa shape index (κ3) is 8.19. The topological polar surface area (TPSA) is 118 Å². The van der Waals surface area contributed by atoms with Crippen LogP contribution in [-0.4, -0.2) is 45.3 Å². The van der Waals surface area contributed by atoms with Crippen LogP contribution in [0.2, 0.25) is 0 Å². The molecule has 0 spiro atoms. The SMILES string of the molecule is CO.Cc1cc(OC(=O)CCCc2ccc(-n3c(=O)c4ccc5oc6ccccc6c6ccc(c3=O)c4c56)cc2)cc(C)c1/C(=C1\C=C2CCCc3ccccc3C2=[N+]1B(F)F)c1cc2c([nH]1)-c1ccccc1CCC2. The van der Waals surface area contributed by atoms with Crippen LogP contribution in [0, 0.1) is 13.8 Å². The predicted octanol–water partition coefficient (Wildman–Crippen LogP) is 12.9. The standard InChI is InChI=1S/C63H48BF2N3O5.CH4O/c1-36-32-44(73-55(70)23-9-12-38-24-26-43(27-25-38)68-62(71)49-29-28-48-47-21-7-8-22-53(47)74-54-31-30-50(63(68)72)57(49)58(48)54)33-37(2)56(36)59(51-34-41-17-10-15-39-13-3-5-19-45(39)60(41)67-51)52-35-42-18-11-16-40-14-4-6-20-46(40)61(42)69(52)64(65)66;1-2/h3-8,13-14,19-22,24-35H,9-12,15-18,23H2,1-2H3;2H,1H3/p+1. The summed E-state index contributed by atoms with van der Waals surface area (Å²) in [4.78, 5) is 45.5. The van der Waals surface area contributed by atoms with Gasteiger partial charge in [0.2, 0.25) is 0 Å². The van der Waals surface area contributed by atoms with E-state index in [1.165, 1.54) is 14.6 Å². The van der Waals surface area contributed by atoms with Gasteiger partial charge in [0.15, 0.2) is 11.4 Å². The van der Waals surface area contributed by atoms with E-state index >= 15 is 8.63 Å². The predicted molar refractivity (Wildman–Crippen MR) is 298 cm³/mol. The van der Waals surface area contributed by atoms with Crippen LogP contribution >= 0.6 is 0 Å². The maximum absolute atomic E-state index is 15.9. The Labute approximate surface area is 437 Å². The average molecular weight is 1010 g/mol. The zero-order valence-corrected chi connectivity index (χ0v) is 42.4. The normalized spacial score (nSPS) is 14.6. The number of nitrogens with one attached hydrogen (secondary N) is 1. The number of H-pyrrole nitrogens is 1. The fraction of sp³-hybridized carbons (Fsp3) is 0.188. The molecule has 7 aromatic carbocycles. The molecule has 1 aliphatic heterocycles. The Hall–Kier alpha value is -8.48. The lowest BCUT2D eigenvalue weighted by Gasteiger charge is -2.17. The second-order valence-electron chi connectivity index (χ2n) is 20.0. The van der Waals surface area contributed by atoms with Crippen LogP contribution in [0.5, 0.6) is 5.75 Å². The van der Waals surface area contributed by atoms with Gasteiger partial charge >= 0.3 is 13.4 Å². The molecule has 0 bridgehead atoms. The zero-order chi connectivity index (χ0) is 52.4. The number of ether oxygens (including phenoxy) is 1. The molecule has 10 aromatic rings. The number of aliphatic hydroxyl groups excluding tert-OH is 1. The summed E-state index contributed by atoms with van der Waals surface area (Å²) in [5.74, 6) is -0.00645. The van der Waals surface area contributed by atoms with Crippen molar-refractivity contribution in [1.29, 1.82) is 0 Å². The average Bonchev–Trinajstić information content (AvgIpc) is 4.07. The molecule has 4 heterocycles. The highest BCUT2D eigenvalue weighted by Gasteiger charge is 2.48. The number of rotatable bonds is 9. The molecule has 376 valence electrons. The minimum absolute atomic E-state index is 0.144. The van der Waals surface area contributed by atoms with Gasteiger partial charge in [-0.25, -0.2) is 17.7 Å². The molecule has 0 atom stereocenters. The smallest absolute Gasteiger partial charge is 0.456 e. The van der Waals surface area contributed by atoms with Crippen LogP contribution in [0.3, 0.4) is 0 Å². The summed E-state index contributed by atoms with van der Waals surface area (Å²) < 4.78 is 46.5. The number of aromatic nitrogens is 2. The number of para-hydroxylation sites is 1. The highest BCUT2D eigenvalue weighted by atomic mass is 19.2. The van der Waals surface area contributed by atoms with Crippen LogP contribution in [0.4, 0.5) is 8.63 Å². The Bertz CT molecular complexity index is 4160. The Morgan fingerprint density at radius 1 is 0.697 bits per heavy atom. The first-order valence-corrected chi connectivity index (χ1v) is 26.0. The quantitative estimate of drug-likeness (QED) is 0.0489. The molecule has 0 unspecified atom stereocenters. The number of aryl methyl sites for hydroxylation is 6. The fourth-order valence-corrected chi connectivity index (χ4v) is 12.2. The number of halogens is 2. The van der Waals surface area contributed by atoms with Gasteiger partial charge in [0.25, 0.3) is 11.1 Å². The van der Waals surface area contributed by atoms with Crippen LogP contribution in [0.25, 0.3) is 66.0 Å². The number of hydrogen-bond acceptors (Lipinski definition) is 6. The van der Waals surface area contributed by atoms with Crippen molar-refractivity contribution in [3.05, 3.63) is 228 Å². The van der Waals surface area contributed by atoms with E-state index in [2.05, 4.69) is 29.2 Å². The van der Waals surface area contributed by atoms with Crippen LogP contribution in [0.1, 0.15) is 82.3 Å². The third-order valence-electron chi connectivity index (χ3n) is 15.5. The van der Waals surface area contributed by atoms with Crippen LogP contribution < -0.4 is 15.9 Å². The molecule has 3 aliphatic rings. The van der Waals surface area contributed by atoms with Gasteiger partial charge < -0.3 is 19.2 Å². The van der Waals surface area contributed by atoms with Crippen molar-refractivity contribution in [2.24, 2.45) is 0 Å². The minimum atomic E-state index is -2.81. The lowest BCUT2D eigenvalue weighted by molar-refractivity contribution is -0.340. The second-order valence-corrected chi connectivity index (χ2v) is 20.0. The number of aromatic amines is 1. The second kappa shape index (κ2) is 19.7. The van der Waals surface area contributed by atoms with E-state index in [0.717, 1.165) is 122 Å². The van der Waals surface area contributed by atoms with Gasteiger partial charge in [-0.15, -0.1) is 0 Å². The summed E-state index contributed by atoms with van der Waals surface area (Å²) in [6.07, 6.45) is 8.33. The van der Waals surface area contributed by atoms with Gasteiger partial charge in [0.1, 0.15) is 16.9 Å².